The van der Waals surface area contributed by atoms with Gasteiger partial charge in [0.05, 0.1) is 25.0 Å². The van der Waals surface area contributed by atoms with E-state index in [0.717, 1.165) is 62.3 Å². The first-order chi connectivity index (χ1) is 19.3. The number of esters is 1. The molecule has 1 saturated heterocycles. The zero-order chi connectivity index (χ0) is 28.6. The van der Waals surface area contributed by atoms with Gasteiger partial charge in [-0.25, -0.2) is 28.1 Å². The fourth-order valence-corrected chi connectivity index (χ4v) is 5.13. The van der Waals surface area contributed by atoms with Crippen molar-refractivity contribution in [3.63, 3.8) is 0 Å². The fraction of sp³-hybridized carbons (Fsp3) is 0.429. The molecule has 2 aliphatic heterocycles. The highest BCUT2D eigenvalue weighted by molar-refractivity contribution is 6.01. The van der Waals surface area contributed by atoms with Crippen molar-refractivity contribution in [3.8, 4) is 0 Å². The van der Waals surface area contributed by atoms with Crippen LogP contribution >= 0.6 is 24.8 Å². The number of aromatic nitrogens is 1. The van der Waals surface area contributed by atoms with Crippen LogP contribution in [0.2, 0.25) is 0 Å². The summed E-state index contributed by atoms with van der Waals surface area (Å²) in [5.41, 5.74) is 1.07. The van der Waals surface area contributed by atoms with Crippen LogP contribution in [0.15, 0.2) is 53.9 Å². The molecular weight excluding hydrogens is 595 g/mol. The lowest BCUT2D eigenvalue weighted by molar-refractivity contribution is -0.137. The van der Waals surface area contributed by atoms with Crippen LogP contribution in [-0.4, -0.2) is 79.8 Å². The molecule has 230 valence electrons. The molecule has 0 saturated carbocycles. The van der Waals surface area contributed by atoms with Crippen LogP contribution in [-0.2, 0) is 14.3 Å². The number of nitrogens with zero attached hydrogens (tertiary/aromatic N) is 3. The lowest BCUT2D eigenvalue weighted by Crippen LogP contribution is -2.55. The Hall–Kier alpha value is -3.32. The molecule has 14 heteroatoms. The number of hydrogen-bond acceptors (Lipinski definition) is 7. The summed E-state index contributed by atoms with van der Waals surface area (Å²) in [6.07, 6.45) is 4.44. The Morgan fingerprint density at radius 1 is 1.10 bits per heavy atom. The second-order valence-electron chi connectivity index (χ2n) is 9.65. The van der Waals surface area contributed by atoms with E-state index in [2.05, 4.69) is 26.6 Å². The maximum atomic E-state index is 14.2. The molecule has 42 heavy (non-hydrogen) atoms. The maximum Gasteiger partial charge on any atom is 0.338 e. The highest BCUT2D eigenvalue weighted by Gasteiger charge is 2.43. The predicted molar refractivity (Wildman–Crippen MR) is 156 cm³/mol. The number of likely N-dealkylation sites (tertiary alicyclic amines) is 1. The van der Waals surface area contributed by atoms with Crippen molar-refractivity contribution in [1.29, 1.82) is 0 Å². The number of hydrogen-bond donors (Lipinski definition) is 2. The largest absolute Gasteiger partial charge is 0.466 e. The third kappa shape index (κ3) is 8.15. The number of piperidine rings is 1. The molecule has 1 fully saturated rings. The number of halogens is 4. The molecule has 0 unspecified atom stereocenters. The number of methoxy groups -OCH3 is 2. The molecule has 10 nitrogen and oxygen atoms in total. The lowest BCUT2D eigenvalue weighted by atomic mass is 9.93. The number of imide groups is 1. The first-order valence-corrected chi connectivity index (χ1v) is 13.1. The molecule has 0 aliphatic carbocycles. The first kappa shape index (κ1) is 34.9. The van der Waals surface area contributed by atoms with Gasteiger partial charge in [-0.15, -0.1) is 24.8 Å². The summed E-state index contributed by atoms with van der Waals surface area (Å²) >= 11 is 0. The maximum absolute atomic E-state index is 14.2. The second-order valence-corrected chi connectivity index (χ2v) is 9.65. The molecule has 1 atom stereocenters. The number of nitrogens with one attached hydrogen (secondary N) is 2. The van der Waals surface area contributed by atoms with E-state index in [9.17, 15) is 23.2 Å². The number of rotatable bonds is 9. The number of amides is 4. The van der Waals surface area contributed by atoms with Gasteiger partial charge in [0.25, 0.3) is 0 Å². The van der Waals surface area contributed by atoms with Gasteiger partial charge >= 0.3 is 18.0 Å². The number of pyridine rings is 1. The average Bonchev–Trinajstić information content (AvgIpc) is 2.97. The number of carbonyl (C=O) groups is 3. The third-order valence-corrected chi connectivity index (χ3v) is 7.13. The summed E-state index contributed by atoms with van der Waals surface area (Å²) in [5.74, 6) is -2.71. The van der Waals surface area contributed by atoms with Crippen molar-refractivity contribution in [2.45, 2.75) is 31.2 Å². The third-order valence-electron chi connectivity index (χ3n) is 7.13. The molecule has 0 spiro atoms. The van der Waals surface area contributed by atoms with E-state index in [4.69, 9.17) is 9.47 Å². The predicted octanol–water partition coefficient (Wildman–Crippen LogP) is 4.32. The van der Waals surface area contributed by atoms with Gasteiger partial charge < -0.3 is 25.0 Å². The van der Waals surface area contributed by atoms with Gasteiger partial charge in [0, 0.05) is 31.5 Å². The summed E-state index contributed by atoms with van der Waals surface area (Å²) in [5, 5.41) is 5.22. The highest BCUT2D eigenvalue weighted by Crippen LogP contribution is 2.35. The normalized spacial score (nSPS) is 17.6. The SMILES string of the molecule is COCC1=C(C(=O)OC)[C@H](c2ccc(F)c(F)c2)N(C(=O)NCCCN2CCC(c3ccccn3)CC2)C(=O)N1.Cl.Cl. The van der Waals surface area contributed by atoms with Crippen molar-refractivity contribution < 1.29 is 32.6 Å². The number of ether oxygens (including phenoxy) is 2. The topological polar surface area (TPSA) is 113 Å². The molecule has 2 aromatic rings. The van der Waals surface area contributed by atoms with E-state index < -0.39 is 35.7 Å². The van der Waals surface area contributed by atoms with Crippen LogP contribution < -0.4 is 10.6 Å². The Bertz CT molecular complexity index is 1260. The number of benzene rings is 1. The van der Waals surface area contributed by atoms with E-state index in [1.54, 1.807) is 0 Å². The molecule has 1 aromatic carbocycles. The monoisotopic (exact) mass is 629 g/mol. The molecule has 2 aliphatic rings. The Kier molecular flexibility index (Phi) is 13.6. The van der Waals surface area contributed by atoms with Gasteiger partial charge in [0.15, 0.2) is 11.6 Å². The van der Waals surface area contributed by atoms with E-state index in [1.165, 1.54) is 13.2 Å². The van der Waals surface area contributed by atoms with Gasteiger partial charge in [-0.2, -0.15) is 0 Å². The molecule has 4 rings (SSSR count). The van der Waals surface area contributed by atoms with Gasteiger partial charge in [0.1, 0.15) is 6.04 Å². The molecule has 4 amide bonds. The van der Waals surface area contributed by atoms with Crippen molar-refractivity contribution in [3.05, 3.63) is 76.8 Å². The quantitative estimate of drug-likeness (QED) is 0.314. The number of carbonyl (C=O) groups excluding carboxylic acids is 3. The minimum atomic E-state index is -1.37. The minimum absolute atomic E-state index is 0. The van der Waals surface area contributed by atoms with Gasteiger partial charge in [-0.3, -0.25) is 4.98 Å². The summed E-state index contributed by atoms with van der Waals surface area (Å²) in [6, 6.07) is 5.89. The van der Waals surface area contributed by atoms with E-state index in [1.807, 2.05) is 18.3 Å². The number of urea groups is 2. The molecular formula is C28H35Cl2F2N5O5. The second kappa shape index (κ2) is 16.4. The molecule has 3 heterocycles. The summed E-state index contributed by atoms with van der Waals surface area (Å²) in [6.45, 7) is 2.66. The van der Waals surface area contributed by atoms with Crippen LogP contribution in [0.1, 0.15) is 42.5 Å². The Labute approximate surface area is 255 Å². The molecule has 0 bridgehead atoms. The lowest BCUT2D eigenvalue weighted by Gasteiger charge is -2.36. The fourth-order valence-electron chi connectivity index (χ4n) is 5.13. The van der Waals surface area contributed by atoms with Crippen LogP contribution in [0.3, 0.4) is 0 Å². The zero-order valence-corrected chi connectivity index (χ0v) is 24.9. The van der Waals surface area contributed by atoms with Gasteiger partial charge in [-0.05, 0) is 68.7 Å². The van der Waals surface area contributed by atoms with Crippen molar-refractivity contribution in [1.82, 2.24) is 25.4 Å². The van der Waals surface area contributed by atoms with Crippen molar-refractivity contribution in [2.75, 3.05) is 47.0 Å². The van der Waals surface area contributed by atoms with Crippen LogP contribution in [0.5, 0.6) is 0 Å². The van der Waals surface area contributed by atoms with E-state index in [0.29, 0.717) is 12.3 Å². The van der Waals surface area contributed by atoms with Crippen LogP contribution in [0, 0.1) is 11.6 Å². The van der Waals surface area contributed by atoms with Crippen molar-refractivity contribution in [2.24, 2.45) is 0 Å². The Morgan fingerprint density at radius 2 is 1.83 bits per heavy atom. The smallest absolute Gasteiger partial charge is 0.338 e. The molecule has 2 N–H and O–H groups in total. The Balaban J connectivity index is 0.00000308. The summed E-state index contributed by atoms with van der Waals surface area (Å²) < 4.78 is 37.9. The van der Waals surface area contributed by atoms with Crippen LogP contribution in [0.25, 0.3) is 0 Å². The Morgan fingerprint density at radius 3 is 2.45 bits per heavy atom. The highest BCUT2D eigenvalue weighted by atomic mass is 35.5. The van der Waals surface area contributed by atoms with E-state index >= 15 is 0 Å². The average molecular weight is 631 g/mol. The molecule has 0 radical (unpaired) electrons. The van der Waals surface area contributed by atoms with E-state index in [-0.39, 0.29) is 54.8 Å². The molecule has 1 aromatic heterocycles. The zero-order valence-electron chi connectivity index (χ0n) is 23.3. The van der Waals surface area contributed by atoms with Crippen molar-refractivity contribution >= 4 is 42.8 Å². The van der Waals surface area contributed by atoms with Gasteiger partial charge in [0.2, 0.25) is 0 Å². The van der Waals surface area contributed by atoms with Gasteiger partial charge in [-0.1, -0.05) is 12.1 Å². The summed E-state index contributed by atoms with van der Waals surface area (Å²) in [4.78, 5) is 46.7. The first-order valence-electron chi connectivity index (χ1n) is 13.1. The summed E-state index contributed by atoms with van der Waals surface area (Å²) in [7, 11) is 2.50. The standard InChI is InChI=1S/C28H33F2N5O5.2ClH/c1-39-17-23-24(26(36)40-2)25(19-7-8-20(29)21(30)16-19)35(28(38)33-23)27(37)32-12-5-13-34-14-9-18(10-15-34)22-6-3-4-11-31-22;;/h3-4,6-8,11,16,18,25H,5,9-10,12-15,17H2,1-2H3,(H,32,37)(H,33,38);2*1H/t25-;;/m0../s1. The minimum Gasteiger partial charge on any atom is -0.466 e. The van der Waals surface area contributed by atoms with Crippen LogP contribution in [0.4, 0.5) is 18.4 Å².